The zero-order chi connectivity index (χ0) is 12.3. The number of aromatic nitrogens is 2. The van der Waals surface area contributed by atoms with E-state index in [0.29, 0.717) is 23.0 Å². The molecule has 0 aliphatic carbocycles. The molecule has 2 N–H and O–H groups in total. The van der Waals surface area contributed by atoms with Crippen molar-refractivity contribution in [3.63, 3.8) is 0 Å². The van der Waals surface area contributed by atoms with Gasteiger partial charge in [0.1, 0.15) is 6.04 Å². The summed E-state index contributed by atoms with van der Waals surface area (Å²) in [4.78, 5) is 4.39. The van der Waals surface area contributed by atoms with Gasteiger partial charge in [-0.3, -0.25) is 0 Å². The number of nitrogens with two attached hydrogens (primary N) is 1. The third-order valence-electron chi connectivity index (χ3n) is 2.56. The first kappa shape index (κ1) is 13.2. The van der Waals surface area contributed by atoms with E-state index in [2.05, 4.69) is 17.1 Å². The molecule has 1 aromatic rings. The first-order valence-electron chi connectivity index (χ1n) is 5.53. The first-order chi connectivity index (χ1) is 8.22. The Kier molecular flexibility index (Phi) is 4.72. The standard InChI is InChI=1S/C10H17N3O2S2/c1-6-8(17-4-3-16-6)9-12-10(15-13-9)7(11)5-14-2/h6-8H,3-5,11H2,1-2H3. The zero-order valence-electron chi connectivity index (χ0n) is 9.96. The number of methoxy groups -OCH3 is 1. The van der Waals surface area contributed by atoms with Crippen LogP contribution < -0.4 is 5.73 Å². The zero-order valence-corrected chi connectivity index (χ0v) is 11.6. The monoisotopic (exact) mass is 275 g/mol. The third-order valence-corrected chi connectivity index (χ3v) is 5.65. The van der Waals surface area contributed by atoms with Crippen molar-refractivity contribution in [1.82, 2.24) is 10.1 Å². The molecule has 3 unspecified atom stereocenters. The predicted octanol–water partition coefficient (Wildman–Crippen LogP) is 1.63. The lowest BCUT2D eigenvalue weighted by molar-refractivity contribution is 0.166. The quantitative estimate of drug-likeness (QED) is 0.895. The van der Waals surface area contributed by atoms with E-state index in [4.69, 9.17) is 15.0 Å². The Labute approximate surface area is 109 Å². The minimum atomic E-state index is -0.335. The topological polar surface area (TPSA) is 74.2 Å². The van der Waals surface area contributed by atoms with Gasteiger partial charge in [0, 0.05) is 23.9 Å². The van der Waals surface area contributed by atoms with Gasteiger partial charge >= 0.3 is 0 Å². The second kappa shape index (κ2) is 6.08. The molecule has 0 radical (unpaired) electrons. The molecule has 2 rings (SSSR count). The molecule has 7 heteroatoms. The van der Waals surface area contributed by atoms with E-state index in [1.807, 2.05) is 23.5 Å². The van der Waals surface area contributed by atoms with Crippen LogP contribution in [0.5, 0.6) is 0 Å². The number of nitrogens with zero attached hydrogens (tertiary/aromatic N) is 2. The fourth-order valence-corrected chi connectivity index (χ4v) is 4.36. The average molecular weight is 275 g/mol. The van der Waals surface area contributed by atoms with Gasteiger partial charge in [0.15, 0.2) is 5.82 Å². The average Bonchev–Trinajstić information content (AvgIpc) is 2.79. The van der Waals surface area contributed by atoms with E-state index in [1.165, 1.54) is 5.75 Å². The Hall–Kier alpha value is -0.240. The predicted molar refractivity (Wildman–Crippen MR) is 70.2 cm³/mol. The maximum absolute atomic E-state index is 5.85. The van der Waals surface area contributed by atoms with Gasteiger partial charge in [0.05, 0.1) is 11.9 Å². The summed E-state index contributed by atoms with van der Waals surface area (Å²) < 4.78 is 10.2. The van der Waals surface area contributed by atoms with Crippen LogP contribution in [-0.2, 0) is 4.74 Å². The molecule has 0 amide bonds. The van der Waals surface area contributed by atoms with E-state index in [-0.39, 0.29) is 6.04 Å². The van der Waals surface area contributed by atoms with Crippen LogP contribution >= 0.6 is 23.5 Å². The van der Waals surface area contributed by atoms with Gasteiger partial charge in [-0.2, -0.15) is 16.7 Å². The molecule has 1 saturated heterocycles. The van der Waals surface area contributed by atoms with E-state index in [9.17, 15) is 0 Å². The SMILES string of the molecule is COCC(N)c1nc(C2SCCSC2C)no1. The van der Waals surface area contributed by atoms with Gasteiger partial charge in [-0.05, 0) is 0 Å². The van der Waals surface area contributed by atoms with Crippen LogP contribution in [0.4, 0.5) is 0 Å². The van der Waals surface area contributed by atoms with Crippen LogP contribution in [-0.4, -0.2) is 40.6 Å². The minimum absolute atomic E-state index is 0.306. The Morgan fingerprint density at radius 2 is 2.29 bits per heavy atom. The molecular weight excluding hydrogens is 258 g/mol. The summed E-state index contributed by atoms with van der Waals surface area (Å²) in [5.74, 6) is 3.55. The largest absolute Gasteiger partial charge is 0.383 e. The van der Waals surface area contributed by atoms with Crippen molar-refractivity contribution in [2.45, 2.75) is 23.5 Å². The van der Waals surface area contributed by atoms with Crippen molar-refractivity contribution in [1.29, 1.82) is 0 Å². The number of hydrogen-bond donors (Lipinski definition) is 1. The van der Waals surface area contributed by atoms with Crippen molar-refractivity contribution < 1.29 is 9.26 Å². The van der Waals surface area contributed by atoms with Gasteiger partial charge in [-0.1, -0.05) is 12.1 Å². The lowest BCUT2D eigenvalue weighted by Crippen LogP contribution is -2.18. The Morgan fingerprint density at radius 1 is 1.53 bits per heavy atom. The van der Waals surface area contributed by atoms with Gasteiger partial charge in [-0.15, -0.1) is 11.8 Å². The molecule has 0 spiro atoms. The van der Waals surface area contributed by atoms with Crippen LogP contribution in [0, 0.1) is 0 Å². The van der Waals surface area contributed by atoms with Crippen molar-refractivity contribution in [3.8, 4) is 0 Å². The molecule has 1 aromatic heterocycles. The molecule has 0 aromatic carbocycles. The summed E-state index contributed by atoms with van der Waals surface area (Å²) in [6, 6.07) is -0.335. The molecule has 3 atom stereocenters. The van der Waals surface area contributed by atoms with Crippen molar-refractivity contribution in [2.24, 2.45) is 5.73 Å². The highest BCUT2D eigenvalue weighted by atomic mass is 32.2. The Morgan fingerprint density at radius 3 is 3.00 bits per heavy atom. The van der Waals surface area contributed by atoms with E-state index >= 15 is 0 Å². The lowest BCUT2D eigenvalue weighted by atomic mass is 10.3. The number of hydrogen-bond acceptors (Lipinski definition) is 7. The Bertz CT molecular complexity index is 361. The summed E-state index contributed by atoms with van der Waals surface area (Å²) in [5, 5.41) is 4.86. The molecule has 2 heterocycles. The maximum Gasteiger partial charge on any atom is 0.245 e. The van der Waals surface area contributed by atoms with Crippen LogP contribution in [0.1, 0.15) is 29.9 Å². The van der Waals surface area contributed by atoms with E-state index in [1.54, 1.807) is 7.11 Å². The lowest BCUT2D eigenvalue weighted by Gasteiger charge is -2.24. The summed E-state index contributed by atoms with van der Waals surface area (Å²) in [6.45, 7) is 2.59. The summed E-state index contributed by atoms with van der Waals surface area (Å²) in [5.41, 5.74) is 5.85. The molecular formula is C10H17N3O2S2. The highest BCUT2D eigenvalue weighted by Gasteiger charge is 2.29. The number of thioether (sulfide) groups is 2. The fourth-order valence-electron chi connectivity index (χ4n) is 1.68. The third kappa shape index (κ3) is 3.15. The van der Waals surface area contributed by atoms with Crippen LogP contribution in [0.2, 0.25) is 0 Å². The molecule has 17 heavy (non-hydrogen) atoms. The summed E-state index contributed by atoms with van der Waals surface area (Å²) in [6.07, 6.45) is 0. The maximum atomic E-state index is 5.85. The smallest absolute Gasteiger partial charge is 0.245 e. The molecule has 1 aliphatic heterocycles. The normalized spacial score (nSPS) is 27.0. The van der Waals surface area contributed by atoms with Gasteiger partial charge in [0.25, 0.3) is 0 Å². The second-order valence-electron chi connectivity index (χ2n) is 3.92. The molecule has 1 aliphatic rings. The van der Waals surface area contributed by atoms with Gasteiger partial charge < -0.3 is 15.0 Å². The molecule has 96 valence electrons. The Balaban J connectivity index is 2.06. The van der Waals surface area contributed by atoms with Crippen molar-refractivity contribution in [2.75, 3.05) is 25.2 Å². The second-order valence-corrected chi connectivity index (χ2v) is 6.65. The number of ether oxygens (including phenoxy) is 1. The van der Waals surface area contributed by atoms with Crippen molar-refractivity contribution >= 4 is 23.5 Å². The fraction of sp³-hybridized carbons (Fsp3) is 0.800. The van der Waals surface area contributed by atoms with Crippen LogP contribution in [0.15, 0.2) is 4.52 Å². The summed E-state index contributed by atoms with van der Waals surface area (Å²) >= 11 is 3.84. The molecule has 0 saturated carbocycles. The first-order valence-corrected chi connectivity index (χ1v) is 7.63. The van der Waals surface area contributed by atoms with Gasteiger partial charge in [0.2, 0.25) is 5.89 Å². The highest BCUT2D eigenvalue weighted by molar-refractivity contribution is 8.06. The van der Waals surface area contributed by atoms with Crippen molar-refractivity contribution in [3.05, 3.63) is 11.7 Å². The van der Waals surface area contributed by atoms with Gasteiger partial charge in [-0.25, -0.2) is 0 Å². The molecule has 1 fully saturated rings. The molecule has 0 bridgehead atoms. The minimum Gasteiger partial charge on any atom is -0.383 e. The number of rotatable bonds is 4. The van der Waals surface area contributed by atoms with E-state index in [0.717, 1.165) is 11.6 Å². The summed E-state index contributed by atoms with van der Waals surface area (Å²) in [7, 11) is 1.60. The van der Waals surface area contributed by atoms with E-state index < -0.39 is 0 Å². The molecule has 5 nitrogen and oxygen atoms in total. The highest BCUT2D eigenvalue weighted by Crippen LogP contribution is 2.41. The van der Waals surface area contributed by atoms with Crippen LogP contribution in [0.3, 0.4) is 0 Å². The van der Waals surface area contributed by atoms with Crippen LogP contribution in [0.25, 0.3) is 0 Å².